The summed E-state index contributed by atoms with van der Waals surface area (Å²) in [5.74, 6) is 1.28. The van der Waals surface area contributed by atoms with Gasteiger partial charge < -0.3 is 4.74 Å². The van der Waals surface area contributed by atoms with Gasteiger partial charge in [0.2, 0.25) is 0 Å². The predicted molar refractivity (Wildman–Crippen MR) is 89.4 cm³/mol. The average Bonchev–Trinajstić information content (AvgIpc) is 3.32. The van der Waals surface area contributed by atoms with Gasteiger partial charge in [-0.1, -0.05) is 18.9 Å². The molecule has 1 saturated heterocycles. The third-order valence-electron chi connectivity index (χ3n) is 5.83. The van der Waals surface area contributed by atoms with Crippen molar-refractivity contribution >= 4 is 11.2 Å². The van der Waals surface area contributed by atoms with E-state index in [0.29, 0.717) is 11.8 Å². The van der Waals surface area contributed by atoms with Crippen LogP contribution in [0.3, 0.4) is 0 Å². The lowest BCUT2D eigenvalue weighted by atomic mass is 9.90. The molecule has 2 aliphatic carbocycles. The van der Waals surface area contributed by atoms with Crippen molar-refractivity contribution in [3.8, 4) is 0 Å². The Bertz CT molecular complexity index is 764. The van der Waals surface area contributed by atoms with E-state index in [9.17, 15) is 0 Å². The van der Waals surface area contributed by atoms with Gasteiger partial charge in [0, 0.05) is 31.7 Å². The predicted octanol–water partition coefficient (Wildman–Crippen LogP) is 3.75. The molecule has 3 heterocycles. The summed E-state index contributed by atoms with van der Waals surface area (Å²) in [7, 11) is 0. The summed E-state index contributed by atoms with van der Waals surface area (Å²) in [6, 6.07) is 0. The van der Waals surface area contributed by atoms with Crippen LogP contribution >= 0.6 is 0 Å². The zero-order valence-electron chi connectivity index (χ0n) is 13.5. The monoisotopic (exact) mass is 309 g/mol. The first-order chi connectivity index (χ1) is 11.4. The molecule has 1 aliphatic heterocycles. The molecule has 0 bridgehead atoms. The Labute approximate surface area is 136 Å². The zero-order valence-corrected chi connectivity index (χ0v) is 13.5. The Hall–Kier alpha value is -1.68. The van der Waals surface area contributed by atoms with E-state index >= 15 is 0 Å². The molecule has 1 saturated carbocycles. The number of imidazole rings is 1. The van der Waals surface area contributed by atoms with Gasteiger partial charge in [0.15, 0.2) is 5.65 Å². The summed E-state index contributed by atoms with van der Waals surface area (Å²) in [5, 5.41) is 0. The summed E-state index contributed by atoms with van der Waals surface area (Å²) in [5.41, 5.74) is 6.32. The van der Waals surface area contributed by atoms with Crippen molar-refractivity contribution < 1.29 is 4.74 Å². The van der Waals surface area contributed by atoms with Gasteiger partial charge in [0.1, 0.15) is 0 Å². The van der Waals surface area contributed by atoms with E-state index in [1.54, 1.807) is 0 Å². The average molecular weight is 309 g/mol. The second-order valence-electron chi connectivity index (χ2n) is 7.18. The number of rotatable bonds is 2. The van der Waals surface area contributed by atoms with Gasteiger partial charge in [0.05, 0.1) is 23.3 Å². The Kier molecular flexibility index (Phi) is 3.25. The summed E-state index contributed by atoms with van der Waals surface area (Å²) in [4.78, 5) is 9.61. The first-order valence-electron chi connectivity index (χ1n) is 9.05. The molecule has 0 spiro atoms. The summed E-state index contributed by atoms with van der Waals surface area (Å²) in [6.07, 6.45) is 15.2. The highest BCUT2D eigenvalue weighted by atomic mass is 16.5. The standard InChI is InChI=1S/C19H23N3O/c1-2-4-14(3-1)17-12-22-18(21-17)11-20-16-6-5-15(19(16)22)13-7-9-23-10-8-13/h5,11-14H,1-4,6-10H2. The highest BCUT2D eigenvalue weighted by Gasteiger charge is 2.28. The van der Waals surface area contributed by atoms with Crippen molar-refractivity contribution in [2.45, 2.75) is 50.9 Å². The number of hydrogen-bond acceptors (Lipinski definition) is 3. The van der Waals surface area contributed by atoms with Crippen LogP contribution in [0.15, 0.2) is 18.5 Å². The largest absolute Gasteiger partial charge is 0.381 e. The molecule has 2 fully saturated rings. The van der Waals surface area contributed by atoms with Gasteiger partial charge in [-0.2, -0.15) is 0 Å². The lowest BCUT2D eigenvalue weighted by Crippen LogP contribution is -2.17. The van der Waals surface area contributed by atoms with E-state index in [0.717, 1.165) is 38.1 Å². The van der Waals surface area contributed by atoms with Crippen molar-refractivity contribution in [1.29, 1.82) is 0 Å². The number of hydrogen-bond donors (Lipinski definition) is 0. The fraction of sp³-hybridized carbons (Fsp3) is 0.579. The van der Waals surface area contributed by atoms with Crippen molar-refractivity contribution in [3.63, 3.8) is 0 Å². The van der Waals surface area contributed by atoms with Gasteiger partial charge in [-0.25, -0.2) is 4.98 Å². The first-order valence-corrected chi connectivity index (χ1v) is 9.05. The molecular formula is C19H23N3O. The maximum atomic E-state index is 5.54. The number of allylic oxidation sites excluding steroid dienone is 2. The summed E-state index contributed by atoms with van der Waals surface area (Å²) in [6.45, 7) is 1.77. The fourth-order valence-corrected chi connectivity index (χ4v) is 4.56. The van der Waals surface area contributed by atoms with E-state index in [1.165, 1.54) is 48.3 Å². The van der Waals surface area contributed by atoms with Crippen LogP contribution < -0.4 is 0 Å². The highest BCUT2D eigenvalue weighted by molar-refractivity contribution is 5.73. The minimum Gasteiger partial charge on any atom is -0.381 e. The summed E-state index contributed by atoms with van der Waals surface area (Å²) < 4.78 is 7.87. The number of nitrogens with zero attached hydrogens (tertiary/aromatic N) is 3. The minimum absolute atomic E-state index is 0.620. The van der Waals surface area contributed by atoms with E-state index in [4.69, 9.17) is 14.7 Å². The topological polar surface area (TPSA) is 39.4 Å². The molecule has 0 unspecified atom stereocenters. The highest BCUT2D eigenvalue weighted by Crippen LogP contribution is 2.38. The molecule has 0 N–H and O–H groups in total. The van der Waals surface area contributed by atoms with Crippen LogP contribution in [-0.2, 0) is 11.2 Å². The molecule has 23 heavy (non-hydrogen) atoms. The Balaban J connectivity index is 1.58. The van der Waals surface area contributed by atoms with E-state index in [-0.39, 0.29) is 0 Å². The lowest BCUT2D eigenvalue weighted by Gasteiger charge is -2.24. The normalized spacial score (nSPS) is 22.7. The molecule has 0 atom stereocenters. The first kappa shape index (κ1) is 13.7. The zero-order chi connectivity index (χ0) is 15.2. The molecule has 2 aromatic rings. The van der Waals surface area contributed by atoms with Crippen LogP contribution in [0.25, 0.3) is 11.2 Å². The maximum absolute atomic E-state index is 5.54. The van der Waals surface area contributed by atoms with Crippen molar-refractivity contribution in [2.24, 2.45) is 5.92 Å². The van der Waals surface area contributed by atoms with Crippen molar-refractivity contribution in [1.82, 2.24) is 14.4 Å². The minimum atomic E-state index is 0.620. The van der Waals surface area contributed by atoms with E-state index < -0.39 is 0 Å². The fourth-order valence-electron chi connectivity index (χ4n) is 4.56. The number of ether oxygens (including phenoxy) is 1. The van der Waals surface area contributed by atoms with Crippen molar-refractivity contribution in [2.75, 3.05) is 13.2 Å². The lowest BCUT2D eigenvalue weighted by molar-refractivity contribution is 0.0807. The Morgan fingerprint density at radius 2 is 1.87 bits per heavy atom. The van der Waals surface area contributed by atoms with Crippen LogP contribution in [0.2, 0.25) is 0 Å². The molecule has 3 aliphatic rings. The SMILES string of the molecule is C1=C(C2CCOCC2)c2c(ncc3nc(C4CCCC4)cn23)C1. The van der Waals surface area contributed by atoms with Gasteiger partial charge in [-0.3, -0.25) is 9.38 Å². The smallest absolute Gasteiger partial charge is 0.156 e. The number of fused-ring (bicyclic) bond motifs is 3. The maximum Gasteiger partial charge on any atom is 0.156 e. The van der Waals surface area contributed by atoms with Gasteiger partial charge in [-0.05, 0) is 37.2 Å². The van der Waals surface area contributed by atoms with E-state index in [1.807, 2.05) is 6.20 Å². The molecule has 0 radical (unpaired) electrons. The second kappa shape index (κ2) is 5.45. The van der Waals surface area contributed by atoms with E-state index in [2.05, 4.69) is 16.7 Å². The third-order valence-corrected chi connectivity index (χ3v) is 5.83. The molecular weight excluding hydrogens is 286 g/mol. The molecule has 5 rings (SSSR count). The third kappa shape index (κ3) is 2.23. The molecule has 0 aromatic carbocycles. The molecule has 4 heteroatoms. The van der Waals surface area contributed by atoms with Crippen LogP contribution in [-0.4, -0.2) is 27.6 Å². The van der Waals surface area contributed by atoms with Gasteiger partial charge >= 0.3 is 0 Å². The van der Waals surface area contributed by atoms with Gasteiger partial charge in [0.25, 0.3) is 0 Å². The van der Waals surface area contributed by atoms with Crippen LogP contribution in [0.1, 0.15) is 61.5 Å². The van der Waals surface area contributed by atoms with Crippen molar-refractivity contribution in [3.05, 3.63) is 35.6 Å². The summed E-state index contributed by atoms with van der Waals surface area (Å²) >= 11 is 0. The van der Waals surface area contributed by atoms with Gasteiger partial charge in [-0.15, -0.1) is 0 Å². The molecule has 120 valence electrons. The Morgan fingerprint density at radius 1 is 1.04 bits per heavy atom. The quantitative estimate of drug-likeness (QED) is 0.848. The molecule has 0 amide bonds. The van der Waals surface area contributed by atoms with Crippen LogP contribution in [0.5, 0.6) is 0 Å². The molecule has 2 aromatic heterocycles. The second-order valence-corrected chi connectivity index (χ2v) is 7.18. The Morgan fingerprint density at radius 3 is 2.70 bits per heavy atom. The number of aromatic nitrogens is 3. The van der Waals surface area contributed by atoms with Crippen LogP contribution in [0.4, 0.5) is 0 Å². The van der Waals surface area contributed by atoms with Crippen LogP contribution in [0, 0.1) is 5.92 Å². The molecule has 4 nitrogen and oxygen atoms in total.